The number of ether oxygens (including phenoxy) is 3. The molecular formula is C18H18N2O10. The molecule has 2 fully saturated rings. The van der Waals surface area contributed by atoms with Gasteiger partial charge in [0.25, 0.3) is 0 Å². The first-order valence-electron chi connectivity index (χ1n) is 8.86. The van der Waals surface area contributed by atoms with Crippen LogP contribution < -0.4 is 5.32 Å². The zero-order chi connectivity index (χ0) is 21.7. The van der Waals surface area contributed by atoms with E-state index in [1.807, 2.05) is 0 Å². The Balaban J connectivity index is 1.61. The maximum absolute atomic E-state index is 12.5. The Morgan fingerprint density at radius 1 is 1.17 bits per heavy atom. The van der Waals surface area contributed by atoms with Crippen molar-refractivity contribution in [1.29, 1.82) is 0 Å². The van der Waals surface area contributed by atoms with Gasteiger partial charge in [-0.25, -0.2) is 19.2 Å². The Labute approximate surface area is 169 Å². The van der Waals surface area contributed by atoms with Crippen LogP contribution >= 0.6 is 0 Å². The van der Waals surface area contributed by atoms with Crippen molar-refractivity contribution in [2.24, 2.45) is 0 Å². The highest BCUT2D eigenvalue weighted by Gasteiger charge is 2.51. The number of hydrogen-bond donors (Lipinski definition) is 1. The molecule has 0 radical (unpaired) electrons. The predicted octanol–water partition coefficient (Wildman–Crippen LogP) is -0.239. The molecule has 12 heteroatoms. The number of carbonyl (C=O) groups excluding carboxylic acids is 5. The SMILES string of the molecule is COC(=O)[C@H]1ON(OC(=O)C2CCC(=O)O2)C(=O)[C@H]1NC(=O)OCc1ccccc1. The molecule has 160 valence electrons. The zero-order valence-electron chi connectivity index (χ0n) is 15.8. The number of nitrogens with one attached hydrogen (secondary N) is 1. The molecule has 0 bridgehead atoms. The minimum atomic E-state index is -1.62. The lowest BCUT2D eigenvalue weighted by Crippen LogP contribution is -2.49. The minimum absolute atomic E-state index is 0.0246. The van der Waals surface area contributed by atoms with E-state index < -0.39 is 48.2 Å². The number of rotatable bonds is 6. The van der Waals surface area contributed by atoms with Gasteiger partial charge in [0.1, 0.15) is 6.61 Å². The third-order valence-corrected chi connectivity index (χ3v) is 4.20. The molecule has 1 unspecified atom stereocenters. The monoisotopic (exact) mass is 422 g/mol. The first-order chi connectivity index (χ1) is 14.4. The lowest BCUT2D eigenvalue weighted by atomic mass is 10.1. The summed E-state index contributed by atoms with van der Waals surface area (Å²) >= 11 is 0. The van der Waals surface area contributed by atoms with Crippen LogP contribution in [0.3, 0.4) is 0 Å². The first-order valence-corrected chi connectivity index (χ1v) is 8.86. The predicted molar refractivity (Wildman–Crippen MR) is 92.5 cm³/mol. The smallest absolute Gasteiger partial charge is 0.408 e. The summed E-state index contributed by atoms with van der Waals surface area (Å²) in [6, 6.07) is 7.19. The van der Waals surface area contributed by atoms with E-state index in [0.717, 1.165) is 7.11 Å². The maximum Gasteiger partial charge on any atom is 0.408 e. The number of esters is 2. The van der Waals surface area contributed by atoms with Gasteiger partial charge in [-0.1, -0.05) is 30.3 Å². The second-order valence-electron chi connectivity index (χ2n) is 6.26. The molecule has 2 aliphatic rings. The summed E-state index contributed by atoms with van der Waals surface area (Å²) in [5.74, 6) is -3.70. The fraction of sp³-hybridized carbons (Fsp3) is 0.389. The van der Waals surface area contributed by atoms with E-state index in [1.54, 1.807) is 30.3 Å². The van der Waals surface area contributed by atoms with Crippen LogP contribution in [0.4, 0.5) is 4.79 Å². The highest BCUT2D eigenvalue weighted by atomic mass is 17.0. The van der Waals surface area contributed by atoms with Crippen molar-refractivity contribution in [2.45, 2.75) is 37.7 Å². The number of benzene rings is 1. The Hall–Kier alpha value is -3.67. The van der Waals surface area contributed by atoms with Gasteiger partial charge in [-0.2, -0.15) is 0 Å². The quantitative estimate of drug-likeness (QED) is 0.481. The number of cyclic esters (lactones) is 1. The Morgan fingerprint density at radius 2 is 1.90 bits per heavy atom. The number of carbonyl (C=O) groups is 5. The van der Waals surface area contributed by atoms with Crippen molar-refractivity contribution in [3.8, 4) is 0 Å². The van der Waals surface area contributed by atoms with Crippen molar-refractivity contribution in [3.05, 3.63) is 35.9 Å². The maximum atomic E-state index is 12.5. The molecule has 2 amide bonds. The lowest BCUT2D eigenvalue weighted by molar-refractivity contribution is -0.317. The molecule has 1 N–H and O–H groups in total. The summed E-state index contributed by atoms with van der Waals surface area (Å²) in [6.07, 6.45) is -3.73. The van der Waals surface area contributed by atoms with Gasteiger partial charge < -0.3 is 24.4 Å². The van der Waals surface area contributed by atoms with Crippen LogP contribution in [-0.4, -0.2) is 60.5 Å². The molecule has 30 heavy (non-hydrogen) atoms. The van der Waals surface area contributed by atoms with Gasteiger partial charge in [-0.3, -0.25) is 9.59 Å². The van der Waals surface area contributed by atoms with Crippen LogP contribution in [0.2, 0.25) is 0 Å². The van der Waals surface area contributed by atoms with Crippen LogP contribution in [-0.2, 0) is 49.7 Å². The van der Waals surface area contributed by atoms with Gasteiger partial charge in [-0.05, 0) is 10.8 Å². The van der Waals surface area contributed by atoms with Gasteiger partial charge >= 0.3 is 29.9 Å². The number of hydrogen-bond acceptors (Lipinski definition) is 10. The molecular weight excluding hydrogens is 404 g/mol. The first kappa shape index (κ1) is 21.0. The topological polar surface area (TPSA) is 147 Å². The van der Waals surface area contributed by atoms with E-state index in [0.29, 0.717) is 5.56 Å². The standard InChI is InChI=1S/C18H18N2O10/c1-26-17(24)14-13(19-18(25)27-9-10-5-3-2-4-6-10)15(22)20(29-14)30-16(23)11-7-8-12(21)28-11/h2-6,11,13-14H,7-9H2,1H3,(H,19,25)/t11?,13-,14-/m0/s1. The fourth-order valence-electron chi connectivity index (χ4n) is 2.68. The molecule has 2 heterocycles. The molecule has 0 spiro atoms. The van der Waals surface area contributed by atoms with Gasteiger partial charge in [0.15, 0.2) is 6.04 Å². The zero-order valence-corrected chi connectivity index (χ0v) is 15.8. The molecule has 0 saturated carbocycles. The number of nitrogens with zero attached hydrogens (tertiary/aromatic N) is 1. The van der Waals surface area contributed by atoms with Crippen LogP contribution in [0, 0.1) is 0 Å². The number of hydroxylamine groups is 2. The largest absolute Gasteiger partial charge is 0.467 e. The Bertz CT molecular complexity index is 843. The number of methoxy groups -OCH3 is 1. The molecule has 0 aliphatic carbocycles. The summed E-state index contributed by atoms with van der Waals surface area (Å²) in [5, 5.41) is 2.34. The van der Waals surface area contributed by atoms with Crippen molar-refractivity contribution in [2.75, 3.05) is 7.11 Å². The van der Waals surface area contributed by atoms with E-state index in [1.165, 1.54) is 0 Å². The third-order valence-electron chi connectivity index (χ3n) is 4.20. The van der Waals surface area contributed by atoms with Crippen LogP contribution in [0.1, 0.15) is 18.4 Å². The van der Waals surface area contributed by atoms with Crippen LogP contribution in [0.15, 0.2) is 30.3 Å². The molecule has 0 aromatic heterocycles. The van der Waals surface area contributed by atoms with E-state index in [9.17, 15) is 24.0 Å². The number of amides is 2. The van der Waals surface area contributed by atoms with Crippen molar-refractivity contribution >= 4 is 29.9 Å². The second kappa shape index (κ2) is 9.22. The molecule has 1 aromatic carbocycles. The molecule has 2 saturated heterocycles. The summed E-state index contributed by atoms with van der Waals surface area (Å²) in [6.45, 7) is -0.0803. The van der Waals surface area contributed by atoms with E-state index >= 15 is 0 Å². The van der Waals surface area contributed by atoms with E-state index in [4.69, 9.17) is 19.1 Å². The van der Waals surface area contributed by atoms with Crippen molar-refractivity contribution in [1.82, 2.24) is 10.5 Å². The van der Waals surface area contributed by atoms with E-state index in [2.05, 4.69) is 10.1 Å². The summed E-state index contributed by atoms with van der Waals surface area (Å²) in [5.41, 5.74) is 0.702. The van der Waals surface area contributed by atoms with Gasteiger partial charge in [0, 0.05) is 12.8 Å². The van der Waals surface area contributed by atoms with Gasteiger partial charge in [0.2, 0.25) is 12.2 Å². The highest BCUT2D eigenvalue weighted by molar-refractivity contribution is 5.94. The van der Waals surface area contributed by atoms with E-state index in [-0.39, 0.29) is 24.7 Å². The molecule has 3 atom stereocenters. The van der Waals surface area contributed by atoms with Gasteiger partial charge in [0.05, 0.1) is 7.11 Å². The average molecular weight is 422 g/mol. The Kier molecular flexibility index (Phi) is 6.47. The van der Waals surface area contributed by atoms with Crippen molar-refractivity contribution in [3.63, 3.8) is 0 Å². The Morgan fingerprint density at radius 3 is 2.53 bits per heavy atom. The molecule has 3 rings (SSSR count). The highest BCUT2D eigenvalue weighted by Crippen LogP contribution is 2.21. The molecule has 2 aliphatic heterocycles. The van der Waals surface area contributed by atoms with Crippen LogP contribution in [0.5, 0.6) is 0 Å². The lowest BCUT2D eigenvalue weighted by Gasteiger charge is -2.15. The third kappa shape index (κ3) is 4.84. The van der Waals surface area contributed by atoms with Gasteiger partial charge in [-0.15, -0.1) is 0 Å². The summed E-state index contributed by atoms with van der Waals surface area (Å²) in [4.78, 5) is 69.4. The average Bonchev–Trinajstić information content (AvgIpc) is 3.31. The second-order valence-corrected chi connectivity index (χ2v) is 6.26. The minimum Gasteiger partial charge on any atom is -0.467 e. The normalized spacial score (nSPS) is 23.0. The molecule has 12 nitrogen and oxygen atoms in total. The fourth-order valence-corrected chi connectivity index (χ4v) is 2.68. The van der Waals surface area contributed by atoms with Crippen molar-refractivity contribution < 1.29 is 47.9 Å². The summed E-state index contributed by atoms with van der Waals surface area (Å²) in [7, 11) is 1.05. The number of alkyl carbamates (subject to hydrolysis) is 1. The summed E-state index contributed by atoms with van der Waals surface area (Å²) < 4.78 is 14.3. The van der Waals surface area contributed by atoms with Crippen LogP contribution in [0.25, 0.3) is 0 Å². The molecule has 1 aromatic rings.